The first-order chi connectivity index (χ1) is 19.3. The van der Waals surface area contributed by atoms with Crippen LogP contribution in [0.5, 0.6) is 0 Å². The van der Waals surface area contributed by atoms with Gasteiger partial charge >= 0.3 is 6.03 Å². The summed E-state index contributed by atoms with van der Waals surface area (Å²) in [6.07, 6.45) is 2.15. The lowest BCUT2D eigenvalue weighted by atomic mass is 9.65. The summed E-state index contributed by atoms with van der Waals surface area (Å²) in [6, 6.07) is 17.5. The standard InChI is InChI=1S/C31H27N5O4/c1-18-9-11-20(12-10-18)17-36-29(39)31(28(38)33-30(36)40)16-23-26(32-25-19(2)6-5-14-35(25)27(23)37)34-15-13-21-7-3-4-8-22(21)24(31)34/h3-12,14,24H,13,15-17H2,1-2H3,(H,33,38,40). The van der Waals surface area contributed by atoms with Crippen molar-refractivity contribution in [3.05, 3.63) is 111 Å². The number of urea groups is 1. The molecule has 0 saturated carbocycles. The zero-order valence-corrected chi connectivity index (χ0v) is 22.2. The molecule has 1 N–H and O–H groups in total. The summed E-state index contributed by atoms with van der Waals surface area (Å²) in [5, 5.41) is 2.48. The topological polar surface area (TPSA) is 104 Å². The van der Waals surface area contributed by atoms with Crippen LogP contribution in [0.25, 0.3) is 5.65 Å². The summed E-state index contributed by atoms with van der Waals surface area (Å²) in [7, 11) is 0. The number of amides is 4. The van der Waals surface area contributed by atoms with Gasteiger partial charge in [-0.25, -0.2) is 9.78 Å². The maximum Gasteiger partial charge on any atom is 0.331 e. The van der Waals surface area contributed by atoms with E-state index in [-0.39, 0.29) is 18.5 Å². The molecule has 2 aromatic carbocycles. The average molecular weight is 534 g/mol. The second-order valence-electron chi connectivity index (χ2n) is 10.9. The van der Waals surface area contributed by atoms with Gasteiger partial charge in [0.1, 0.15) is 11.5 Å². The Kier molecular flexibility index (Phi) is 5.22. The van der Waals surface area contributed by atoms with E-state index in [0.717, 1.165) is 32.7 Å². The second kappa shape index (κ2) is 8.61. The summed E-state index contributed by atoms with van der Waals surface area (Å²) in [5.41, 5.74) is 3.31. The maximum absolute atomic E-state index is 14.6. The van der Waals surface area contributed by atoms with Gasteiger partial charge in [0, 0.05) is 19.2 Å². The van der Waals surface area contributed by atoms with Crippen molar-refractivity contribution >= 4 is 29.3 Å². The largest absolute Gasteiger partial charge is 0.347 e. The summed E-state index contributed by atoms with van der Waals surface area (Å²) < 4.78 is 1.47. The molecule has 2 unspecified atom stereocenters. The van der Waals surface area contributed by atoms with Crippen LogP contribution < -0.4 is 15.8 Å². The summed E-state index contributed by atoms with van der Waals surface area (Å²) >= 11 is 0. The Hall–Kier alpha value is -4.79. The number of hydrogen-bond acceptors (Lipinski definition) is 6. The van der Waals surface area contributed by atoms with Gasteiger partial charge in [0.05, 0.1) is 18.2 Å². The van der Waals surface area contributed by atoms with Gasteiger partial charge in [-0.2, -0.15) is 0 Å². The highest BCUT2D eigenvalue weighted by Crippen LogP contribution is 2.52. The lowest BCUT2D eigenvalue weighted by Gasteiger charge is -2.53. The van der Waals surface area contributed by atoms with E-state index in [9.17, 15) is 19.2 Å². The number of fused-ring (bicyclic) bond motifs is 7. The number of nitrogens with zero attached hydrogens (tertiary/aromatic N) is 4. The SMILES string of the molecule is Cc1ccc(CN2C(=O)NC(=O)C3(Cc4c(nc5c(C)cccn5c4=O)N4CCc5ccccc5C43)C2=O)cc1. The van der Waals surface area contributed by atoms with Crippen LogP contribution in [0.15, 0.2) is 71.7 Å². The van der Waals surface area contributed by atoms with Crippen LogP contribution in [0, 0.1) is 19.3 Å². The predicted molar refractivity (Wildman–Crippen MR) is 148 cm³/mol. The van der Waals surface area contributed by atoms with Crippen LogP contribution >= 0.6 is 0 Å². The molecule has 2 aromatic heterocycles. The predicted octanol–water partition coefficient (Wildman–Crippen LogP) is 3.24. The molecule has 3 aliphatic heterocycles. The van der Waals surface area contributed by atoms with Gasteiger partial charge in [-0.3, -0.25) is 29.0 Å². The number of benzene rings is 2. The third-order valence-electron chi connectivity index (χ3n) is 8.56. The summed E-state index contributed by atoms with van der Waals surface area (Å²) in [4.78, 5) is 63.6. The molecule has 4 amide bonds. The minimum atomic E-state index is -1.74. The molecule has 0 bridgehead atoms. The molecule has 7 rings (SSSR count). The molecule has 9 nitrogen and oxygen atoms in total. The van der Waals surface area contributed by atoms with E-state index < -0.39 is 29.3 Å². The van der Waals surface area contributed by atoms with Crippen LogP contribution in [0.2, 0.25) is 0 Å². The van der Waals surface area contributed by atoms with E-state index in [1.807, 2.05) is 73.3 Å². The van der Waals surface area contributed by atoms with E-state index in [4.69, 9.17) is 4.98 Å². The van der Waals surface area contributed by atoms with Crippen molar-refractivity contribution in [3.8, 4) is 0 Å². The molecule has 2 atom stereocenters. The van der Waals surface area contributed by atoms with Crippen molar-refractivity contribution in [2.45, 2.75) is 39.3 Å². The molecule has 40 heavy (non-hydrogen) atoms. The van der Waals surface area contributed by atoms with Crippen molar-refractivity contribution in [3.63, 3.8) is 0 Å². The fraction of sp³-hybridized carbons (Fsp3) is 0.258. The minimum absolute atomic E-state index is 0.00927. The number of barbiturate groups is 1. The highest BCUT2D eigenvalue weighted by Gasteiger charge is 2.64. The zero-order valence-electron chi connectivity index (χ0n) is 22.2. The van der Waals surface area contributed by atoms with Gasteiger partial charge in [-0.05, 0) is 48.6 Å². The van der Waals surface area contributed by atoms with Crippen LogP contribution in [-0.4, -0.2) is 38.7 Å². The number of pyridine rings is 1. The fourth-order valence-corrected chi connectivity index (χ4v) is 6.54. The molecular weight excluding hydrogens is 506 g/mol. The molecule has 1 saturated heterocycles. The normalized spacial score (nSPS) is 21.8. The lowest BCUT2D eigenvalue weighted by molar-refractivity contribution is -0.154. The van der Waals surface area contributed by atoms with Gasteiger partial charge < -0.3 is 4.90 Å². The van der Waals surface area contributed by atoms with Crippen LogP contribution in [0.1, 0.15) is 39.4 Å². The number of hydrogen-bond donors (Lipinski definition) is 1. The number of aromatic nitrogens is 2. The van der Waals surface area contributed by atoms with Crippen LogP contribution in [-0.2, 0) is 29.0 Å². The number of anilines is 1. The van der Waals surface area contributed by atoms with Crippen molar-refractivity contribution in [2.75, 3.05) is 11.4 Å². The van der Waals surface area contributed by atoms with Crippen molar-refractivity contribution < 1.29 is 14.4 Å². The number of carbonyl (C=O) groups is 3. The molecule has 1 fully saturated rings. The molecule has 3 aliphatic rings. The molecule has 0 aliphatic carbocycles. The highest BCUT2D eigenvalue weighted by atomic mass is 16.2. The van der Waals surface area contributed by atoms with Crippen LogP contribution in [0.3, 0.4) is 0 Å². The Morgan fingerprint density at radius 1 is 0.975 bits per heavy atom. The molecule has 200 valence electrons. The Bertz CT molecular complexity index is 1810. The van der Waals surface area contributed by atoms with Crippen molar-refractivity contribution in [1.29, 1.82) is 0 Å². The maximum atomic E-state index is 14.6. The number of aryl methyl sites for hydroxylation is 2. The van der Waals surface area contributed by atoms with Gasteiger partial charge in [-0.15, -0.1) is 0 Å². The highest BCUT2D eigenvalue weighted by molar-refractivity contribution is 6.20. The van der Waals surface area contributed by atoms with Gasteiger partial charge in [-0.1, -0.05) is 60.2 Å². The van der Waals surface area contributed by atoms with Gasteiger partial charge in [0.15, 0.2) is 5.41 Å². The molecule has 5 heterocycles. The number of carbonyl (C=O) groups excluding carboxylic acids is 3. The molecular formula is C31H27N5O4. The first kappa shape index (κ1) is 24.3. The first-order valence-electron chi connectivity index (χ1n) is 13.4. The summed E-state index contributed by atoms with van der Waals surface area (Å²) in [5.74, 6) is -0.798. The zero-order chi connectivity index (χ0) is 27.8. The quantitative estimate of drug-likeness (QED) is 0.397. The number of rotatable bonds is 2. The Labute approximate surface area is 230 Å². The number of nitrogens with one attached hydrogen (secondary N) is 1. The van der Waals surface area contributed by atoms with E-state index in [1.54, 1.807) is 12.3 Å². The van der Waals surface area contributed by atoms with Gasteiger partial charge in [0.25, 0.3) is 5.56 Å². The third kappa shape index (κ3) is 3.30. The van der Waals surface area contributed by atoms with Crippen molar-refractivity contribution in [2.24, 2.45) is 5.41 Å². The van der Waals surface area contributed by atoms with E-state index in [1.165, 1.54) is 4.40 Å². The van der Waals surface area contributed by atoms with Crippen molar-refractivity contribution in [1.82, 2.24) is 19.6 Å². The smallest absolute Gasteiger partial charge is 0.331 e. The Morgan fingerprint density at radius 2 is 1.75 bits per heavy atom. The molecule has 0 radical (unpaired) electrons. The fourth-order valence-electron chi connectivity index (χ4n) is 6.54. The van der Waals surface area contributed by atoms with E-state index in [2.05, 4.69) is 5.32 Å². The number of imide groups is 2. The van der Waals surface area contributed by atoms with E-state index in [0.29, 0.717) is 30.0 Å². The second-order valence-corrected chi connectivity index (χ2v) is 10.9. The first-order valence-corrected chi connectivity index (χ1v) is 13.4. The van der Waals surface area contributed by atoms with Crippen LogP contribution in [0.4, 0.5) is 10.6 Å². The summed E-state index contributed by atoms with van der Waals surface area (Å²) in [6.45, 7) is 4.34. The Morgan fingerprint density at radius 3 is 2.55 bits per heavy atom. The molecule has 9 heteroatoms. The molecule has 4 aromatic rings. The third-order valence-corrected chi connectivity index (χ3v) is 8.56. The monoisotopic (exact) mass is 533 g/mol. The minimum Gasteiger partial charge on any atom is -0.347 e. The Balaban J connectivity index is 1.46. The lowest BCUT2D eigenvalue weighted by Crippen LogP contribution is -2.70. The van der Waals surface area contributed by atoms with E-state index >= 15 is 0 Å². The average Bonchev–Trinajstić information content (AvgIpc) is 2.96. The molecule has 1 spiro atoms. The van der Waals surface area contributed by atoms with Gasteiger partial charge in [0.2, 0.25) is 11.8 Å².